The Morgan fingerprint density at radius 2 is 1.63 bits per heavy atom. The predicted octanol–water partition coefficient (Wildman–Crippen LogP) is 3.00. The minimum absolute atomic E-state index is 0.0129. The van der Waals surface area contributed by atoms with Crippen LogP contribution in [0.1, 0.15) is 52.0 Å². The number of nitrogens with one attached hydrogen (secondary N) is 1. The number of carbonyl (C=O) groups excluding carboxylic acids is 3. The molecule has 3 heterocycles. The first-order valence-corrected chi connectivity index (χ1v) is 12.3. The van der Waals surface area contributed by atoms with Gasteiger partial charge in [-0.05, 0) is 68.9 Å². The number of carbonyl (C=O) groups is 3. The highest BCUT2D eigenvalue weighted by Crippen LogP contribution is 2.33. The van der Waals surface area contributed by atoms with Crippen molar-refractivity contribution in [2.24, 2.45) is 5.92 Å². The molecule has 0 unspecified atom stereocenters. The van der Waals surface area contributed by atoms with Gasteiger partial charge in [0.05, 0.1) is 0 Å². The van der Waals surface area contributed by atoms with Crippen molar-refractivity contribution in [3.05, 3.63) is 59.2 Å². The molecule has 2 aromatic carbocycles. The zero-order valence-electron chi connectivity index (χ0n) is 20.0. The van der Waals surface area contributed by atoms with Gasteiger partial charge in [0.1, 0.15) is 6.04 Å². The number of likely N-dealkylation sites (tertiary alicyclic amines) is 2. The van der Waals surface area contributed by atoms with Gasteiger partial charge in [0.2, 0.25) is 12.7 Å². The van der Waals surface area contributed by atoms with Crippen LogP contribution in [0.5, 0.6) is 11.5 Å². The van der Waals surface area contributed by atoms with E-state index >= 15 is 0 Å². The van der Waals surface area contributed by atoms with E-state index in [-0.39, 0.29) is 30.4 Å². The van der Waals surface area contributed by atoms with Gasteiger partial charge in [-0.15, -0.1) is 0 Å². The van der Waals surface area contributed by atoms with E-state index in [0.29, 0.717) is 48.6 Å². The number of piperidine rings is 1. The fourth-order valence-electron chi connectivity index (χ4n) is 5.17. The largest absolute Gasteiger partial charge is 0.454 e. The minimum atomic E-state index is -0.623. The molecule has 0 aliphatic carbocycles. The summed E-state index contributed by atoms with van der Waals surface area (Å²) in [5, 5.41) is 3.02. The first-order chi connectivity index (χ1) is 17.0. The first-order valence-electron chi connectivity index (χ1n) is 12.3. The van der Waals surface area contributed by atoms with Crippen LogP contribution in [0.4, 0.5) is 0 Å². The number of ether oxygens (including phenoxy) is 2. The molecule has 3 aliphatic rings. The van der Waals surface area contributed by atoms with Gasteiger partial charge < -0.3 is 24.6 Å². The molecule has 0 saturated carbocycles. The van der Waals surface area contributed by atoms with Gasteiger partial charge >= 0.3 is 0 Å². The molecule has 8 heteroatoms. The van der Waals surface area contributed by atoms with E-state index in [2.05, 4.69) is 5.32 Å². The summed E-state index contributed by atoms with van der Waals surface area (Å²) in [7, 11) is 0. The van der Waals surface area contributed by atoms with Gasteiger partial charge in [-0.3, -0.25) is 14.4 Å². The Morgan fingerprint density at radius 3 is 2.37 bits per heavy atom. The lowest BCUT2D eigenvalue weighted by atomic mass is 9.88. The van der Waals surface area contributed by atoms with E-state index in [9.17, 15) is 14.4 Å². The number of benzene rings is 2. The summed E-state index contributed by atoms with van der Waals surface area (Å²) in [4.78, 5) is 43.3. The molecule has 0 aromatic heterocycles. The van der Waals surface area contributed by atoms with Crippen molar-refractivity contribution in [2.45, 2.75) is 38.6 Å². The second-order valence-corrected chi connectivity index (χ2v) is 9.55. The number of aryl methyl sites for hydroxylation is 1. The van der Waals surface area contributed by atoms with E-state index < -0.39 is 6.04 Å². The van der Waals surface area contributed by atoms with Gasteiger partial charge in [-0.1, -0.05) is 17.7 Å². The smallest absolute Gasteiger partial charge is 0.253 e. The maximum Gasteiger partial charge on any atom is 0.253 e. The molecule has 0 bridgehead atoms. The van der Waals surface area contributed by atoms with Crippen molar-refractivity contribution < 1.29 is 23.9 Å². The highest BCUT2D eigenvalue weighted by Gasteiger charge is 2.37. The summed E-state index contributed by atoms with van der Waals surface area (Å²) in [6, 6.07) is 12.0. The summed E-state index contributed by atoms with van der Waals surface area (Å²) in [6.45, 7) is 4.67. The number of nitrogens with zero attached hydrogens (tertiary/aromatic N) is 2. The quantitative estimate of drug-likeness (QED) is 0.715. The number of hydrogen-bond acceptors (Lipinski definition) is 5. The molecule has 35 heavy (non-hydrogen) atoms. The molecule has 1 N–H and O–H groups in total. The monoisotopic (exact) mass is 477 g/mol. The SMILES string of the molecule is Cc1cccc(C(=O)N2CCC([C@H](NC(=O)c3ccc4c(c3)OCO4)C(=O)N3CCCC3)CC2)c1. The average molecular weight is 478 g/mol. The average Bonchev–Trinajstić information content (AvgIpc) is 3.58. The molecule has 5 rings (SSSR count). The van der Waals surface area contributed by atoms with E-state index in [4.69, 9.17) is 9.47 Å². The molecule has 3 amide bonds. The van der Waals surface area contributed by atoms with E-state index in [1.54, 1.807) is 18.2 Å². The number of fused-ring (bicyclic) bond motifs is 1. The molecule has 2 fully saturated rings. The highest BCUT2D eigenvalue weighted by molar-refractivity contribution is 5.98. The zero-order valence-corrected chi connectivity index (χ0v) is 20.0. The molecule has 2 saturated heterocycles. The molecule has 8 nitrogen and oxygen atoms in total. The second-order valence-electron chi connectivity index (χ2n) is 9.55. The van der Waals surface area contributed by atoms with E-state index in [0.717, 1.165) is 31.5 Å². The fourth-order valence-corrected chi connectivity index (χ4v) is 5.17. The topological polar surface area (TPSA) is 88.2 Å². The molecule has 184 valence electrons. The van der Waals surface area contributed by atoms with Gasteiger partial charge in [0, 0.05) is 37.3 Å². The van der Waals surface area contributed by atoms with E-state index in [1.807, 2.05) is 41.0 Å². The third-order valence-electron chi connectivity index (χ3n) is 7.17. The maximum atomic E-state index is 13.5. The van der Waals surface area contributed by atoms with Crippen LogP contribution in [-0.2, 0) is 4.79 Å². The van der Waals surface area contributed by atoms with Crippen molar-refractivity contribution in [1.82, 2.24) is 15.1 Å². The van der Waals surface area contributed by atoms with Crippen molar-refractivity contribution in [1.29, 1.82) is 0 Å². The molecule has 1 atom stereocenters. The normalized spacial score (nSPS) is 18.4. The number of amides is 3. The van der Waals surface area contributed by atoms with Crippen LogP contribution in [0, 0.1) is 12.8 Å². The van der Waals surface area contributed by atoms with Gasteiger partial charge in [0.25, 0.3) is 11.8 Å². The van der Waals surface area contributed by atoms with Crippen molar-refractivity contribution in [3.8, 4) is 11.5 Å². The lowest BCUT2D eigenvalue weighted by Crippen LogP contribution is -2.54. The molecular weight excluding hydrogens is 446 g/mol. The predicted molar refractivity (Wildman–Crippen MR) is 129 cm³/mol. The summed E-state index contributed by atoms with van der Waals surface area (Å²) in [6.07, 6.45) is 3.28. The summed E-state index contributed by atoms with van der Waals surface area (Å²) in [5.74, 6) is 0.778. The Morgan fingerprint density at radius 1 is 0.886 bits per heavy atom. The zero-order chi connectivity index (χ0) is 24.4. The van der Waals surface area contributed by atoms with Crippen LogP contribution in [-0.4, -0.2) is 66.5 Å². The van der Waals surface area contributed by atoms with E-state index in [1.165, 1.54) is 0 Å². The van der Waals surface area contributed by atoms with Crippen LogP contribution in [0.25, 0.3) is 0 Å². The number of hydrogen-bond donors (Lipinski definition) is 1. The lowest BCUT2D eigenvalue weighted by molar-refractivity contribution is -0.134. The lowest BCUT2D eigenvalue weighted by Gasteiger charge is -2.37. The first kappa shape index (κ1) is 23.2. The Hall–Kier alpha value is -3.55. The fraction of sp³-hybridized carbons (Fsp3) is 0.444. The van der Waals surface area contributed by atoms with Crippen LogP contribution < -0.4 is 14.8 Å². The minimum Gasteiger partial charge on any atom is -0.454 e. The Kier molecular flexibility index (Phi) is 6.61. The standard InChI is InChI=1S/C27H31N3O5/c1-18-5-4-6-21(15-18)26(32)30-13-9-19(10-14-30)24(27(33)29-11-2-3-12-29)28-25(31)20-7-8-22-23(16-20)35-17-34-22/h4-8,15-16,19,24H,2-3,9-14,17H2,1H3,(H,28,31)/t24-/m0/s1. The van der Waals surface area contributed by atoms with Crippen LogP contribution >= 0.6 is 0 Å². The summed E-state index contributed by atoms with van der Waals surface area (Å²) >= 11 is 0. The molecule has 0 spiro atoms. The van der Waals surface area contributed by atoms with Crippen molar-refractivity contribution >= 4 is 17.7 Å². The van der Waals surface area contributed by atoms with Gasteiger partial charge in [-0.25, -0.2) is 0 Å². The molecule has 0 radical (unpaired) electrons. The molecule has 3 aliphatic heterocycles. The van der Waals surface area contributed by atoms with Crippen molar-refractivity contribution in [3.63, 3.8) is 0 Å². The second kappa shape index (κ2) is 9.98. The van der Waals surface area contributed by atoms with Crippen LogP contribution in [0.15, 0.2) is 42.5 Å². The summed E-state index contributed by atoms with van der Waals surface area (Å²) in [5.41, 5.74) is 2.16. The third kappa shape index (κ3) is 4.97. The maximum absolute atomic E-state index is 13.5. The van der Waals surface area contributed by atoms with Crippen LogP contribution in [0.3, 0.4) is 0 Å². The highest BCUT2D eigenvalue weighted by atomic mass is 16.7. The Balaban J connectivity index is 1.29. The summed E-state index contributed by atoms with van der Waals surface area (Å²) < 4.78 is 10.7. The van der Waals surface area contributed by atoms with Gasteiger partial charge in [0.15, 0.2) is 11.5 Å². The third-order valence-corrected chi connectivity index (χ3v) is 7.17. The molecule has 2 aromatic rings. The van der Waals surface area contributed by atoms with Crippen LogP contribution in [0.2, 0.25) is 0 Å². The Labute approximate surface area is 205 Å². The van der Waals surface area contributed by atoms with Gasteiger partial charge in [-0.2, -0.15) is 0 Å². The molecular formula is C27H31N3O5. The van der Waals surface area contributed by atoms with Crippen molar-refractivity contribution in [2.75, 3.05) is 33.0 Å². The Bertz CT molecular complexity index is 1120. The number of rotatable bonds is 5.